The minimum atomic E-state index is -0.620. The van der Waals surface area contributed by atoms with Gasteiger partial charge in [-0.25, -0.2) is 4.98 Å². The van der Waals surface area contributed by atoms with Gasteiger partial charge in [0, 0.05) is 32.3 Å². The lowest BCUT2D eigenvalue weighted by atomic mass is 9.95. The molecule has 4 N–H and O–H groups in total. The van der Waals surface area contributed by atoms with Crippen molar-refractivity contribution in [3.05, 3.63) is 96.2 Å². The Morgan fingerprint density at radius 1 is 0.667 bits per heavy atom. The Kier molecular flexibility index (Phi) is 21.1. The smallest absolute Gasteiger partial charge is 0.239 e. The first-order valence-corrected chi connectivity index (χ1v) is 19.9. The average Bonchev–Trinajstić information content (AvgIpc) is 3.22. The number of carbonyl (C=O) groups is 3. The number of ether oxygens (including phenoxy) is 5. The molecule has 1 atom stereocenters. The van der Waals surface area contributed by atoms with Crippen molar-refractivity contribution in [2.45, 2.75) is 45.6 Å². The summed E-state index contributed by atoms with van der Waals surface area (Å²) in [5.41, 5.74) is 3.98. The lowest BCUT2D eigenvalue weighted by Crippen LogP contribution is -2.40. The van der Waals surface area contributed by atoms with Crippen molar-refractivity contribution in [1.29, 1.82) is 0 Å². The Morgan fingerprint density at radius 2 is 1.32 bits per heavy atom. The lowest BCUT2D eigenvalue weighted by Gasteiger charge is -2.20. The quantitative estimate of drug-likeness (QED) is 0.0528. The molecule has 0 saturated heterocycles. The summed E-state index contributed by atoms with van der Waals surface area (Å²) in [5, 5.41) is 14.0. The highest BCUT2D eigenvalue weighted by molar-refractivity contribution is 5.96. The molecule has 0 saturated carbocycles. The van der Waals surface area contributed by atoms with Crippen LogP contribution in [0, 0.1) is 6.92 Å². The van der Waals surface area contributed by atoms with E-state index in [1.54, 1.807) is 6.20 Å². The number of fused-ring (bicyclic) bond motifs is 1. The van der Waals surface area contributed by atoms with Gasteiger partial charge < -0.3 is 45.0 Å². The molecule has 0 aliphatic rings. The van der Waals surface area contributed by atoms with Crippen LogP contribution in [0.4, 0.5) is 5.82 Å². The molecule has 57 heavy (non-hydrogen) atoms. The van der Waals surface area contributed by atoms with Crippen LogP contribution in [0.1, 0.15) is 49.8 Å². The normalized spacial score (nSPS) is 11.6. The zero-order valence-corrected chi connectivity index (χ0v) is 33.4. The van der Waals surface area contributed by atoms with Gasteiger partial charge in [-0.2, -0.15) is 0 Å². The van der Waals surface area contributed by atoms with E-state index >= 15 is 0 Å². The number of nitrogens with one attached hydrogen (secondary N) is 4. The van der Waals surface area contributed by atoms with E-state index in [9.17, 15) is 14.4 Å². The van der Waals surface area contributed by atoms with Gasteiger partial charge in [-0.3, -0.25) is 14.4 Å². The van der Waals surface area contributed by atoms with Crippen molar-refractivity contribution in [1.82, 2.24) is 20.9 Å². The maximum Gasteiger partial charge on any atom is 0.239 e. The third-order valence-corrected chi connectivity index (χ3v) is 8.79. The number of aromatic nitrogens is 1. The maximum absolute atomic E-state index is 13.1. The minimum absolute atomic E-state index is 0.00670. The molecule has 0 spiro atoms. The average molecular weight is 786 g/mol. The second-order valence-electron chi connectivity index (χ2n) is 13.4. The second kappa shape index (κ2) is 26.8. The van der Waals surface area contributed by atoms with Gasteiger partial charge in [0.2, 0.25) is 17.7 Å². The van der Waals surface area contributed by atoms with Crippen molar-refractivity contribution < 1.29 is 38.1 Å². The molecule has 4 aromatic rings. The number of pyridine rings is 1. The topological polar surface area (TPSA) is 158 Å². The molecule has 13 heteroatoms. The van der Waals surface area contributed by atoms with E-state index in [1.807, 2.05) is 61.5 Å². The molecule has 1 heterocycles. The molecule has 0 bridgehead atoms. The maximum atomic E-state index is 13.1. The van der Waals surface area contributed by atoms with E-state index in [4.69, 9.17) is 23.7 Å². The van der Waals surface area contributed by atoms with Crippen LogP contribution in [0.25, 0.3) is 21.9 Å². The molecule has 0 aliphatic heterocycles. The molecule has 0 unspecified atom stereocenters. The summed E-state index contributed by atoms with van der Waals surface area (Å²) in [7, 11) is 0. The van der Waals surface area contributed by atoms with Gasteiger partial charge in [0.15, 0.2) is 0 Å². The van der Waals surface area contributed by atoms with Crippen molar-refractivity contribution in [2.75, 3.05) is 91.0 Å². The molecule has 3 aromatic carbocycles. The van der Waals surface area contributed by atoms with E-state index in [-0.39, 0.29) is 31.2 Å². The molecule has 3 amide bonds. The zero-order chi connectivity index (χ0) is 40.3. The number of rotatable bonds is 29. The number of carbonyl (C=O) groups excluding carboxylic acids is 3. The predicted octanol–water partition coefficient (Wildman–Crippen LogP) is 5.38. The Labute approximate surface area is 336 Å². The molecule has 0 aliphatic carbocycles. The number of amides is 3. The van der Waals surface area contributed by atoms with E-state index < -0.39 is 11.9 Å². The number of hydrogen-bond donors (Lipinski definition) is 4. The fourth-order valence-corrected chi connectivity index (χ4v) is 5.88. The first-order chi connectivity index (χ1) is 27.9. The molecule has 1 aromatic heterocycles. The highest BCUT2D eigenvalue weighted by Gasteiger charge is 2.19. The van der Waals surface area contributed by atoms with Crippen LogP contribution in [-0.2, 0) is 38.1 Å². The summed E-state index contributed by atoms with van der Waals surface area (Å²) in [6.45, 7) is 9.65. The summed E-state index contributed by atoms with van der Waals surface area (Å²) in [6, 6.07) is 25.5. The third-order valence-electron chi connectivity index (χ3n) is 8.79. The van der Waals surface area contributed by atoms with Crippen LogP contribution in [0.15, 0.2) is 85.1 Å². The number of nitrogens with zero attached hydrogens (tertiary/aromatic N) is 1. The van der Waals surface area contributed by atoms with E-state index in [0.717, 1.165) is 51.9 Å². The third kappa shape index (κ3) is 17.8. The Bertz CT molecular complexity index is 1770. The molecular formula is C44H59N5O8. The Morgan fingerprint density at radius 3 is 2.00 bits per heavy atom. The molecule has 4 rings (SSSR count). The first kappa shape index (κ1) is 44.8. The first-order valence-electron chi connectivity index (χ1n) is 19.9. The molecule has 0 radical (unpaired) electrons. The SMILES string of the molecule is CCCOCCOCCOCCOCCOCCNC(=O)C[C@H](NC(=O)CNC(=O)CCCNc1cc(C)ccn1)c1ccc(-c2cccc3ccccc23)cc1. The number of aryl methyl sites for hydroxylation is 1. The van der Waals surface area contributed by atoms with E-state index in [2.05, 4.69) is 57.4 Å². The second-order valence-corrected chi connectivity index (χ2v) is 13.4. The molecule has 308 valence electrons. The van der Waals surface area contributed by atoms with E-state index in [0.29, 0.717) is 79.0 Å². The minimum Gasteiger partial charge on any atom is -0.379 e. The molecule has 13 nitrogen and oxygen atoms in total. The highest BCUT2D eigenvalue weighted by atomic mass is 16.6. The monoisotopic (exact) mass is 785 g/mol. The fourth-order valence-electron chi connectivity index (χ4n) is 5.88. The molecule has 0 fully saturated rings. The van der Waals surface area contributed by atoms with Gasteiger partial charge in [-0.15, -0.1) is 0 Å². The van der Waals surface area contributed by atoms with Crippen LogP contribution >= 0.6 is 0 Å². The van der Waals surface area contributed by atoms with Crippen LogP contribution in [0.3, 0.4) is 0 Å². The summed E-state index contributed by atoms with van der Waals surface area (Å²) >= 11 is 0. The van der Waals surface area contributed by atoms with Gasteiger partial charge in [0.05, 0.1) is 78.5 Å². The Hall–Kier alpha value is -4.92. The van der Waals surface area contributed by atoms with Gasteiger partial charge in [-0.1, -0.05) is 73.7 Å². The number of benzene rings is 3. The van der Waals surface area contributed by atoms with Crippen molar-refractivity contribution in [3.63, 3.8) is 0 Å². The Balaban J connectivity index is 1.18. The van der Waals surface area contributed by atoms with Gasteiger partial charge in [0.1, 0.15) is 5.82 Å². The largest absolute Gasteiger partial charge is 0.379 e. The van der Waals surface area contributed by atoms with Crippen LogP contribution < -0.4 is 21.3 Å². The number of anilines is 1. The standard InChI is InChI=1S/C44H59N5O8/c1-3-21-53-23-25-55-27-29-57-30-28-56-26-24-54-22-20-47-43(51)32-40(37-15-13-36(14-16-37)39-11-6-9-35-8-4-5-10-38(35)39)49-44(52)33-48-42(50)12-7-18-45-41-31-34(2)17-19-46-41/h4-6,8-11,13-17,19,31,40H,3,7,12,18,20-30,32-33H2,1-2H3,(H,45,46)(H,47,51)(H,48,50)(H,49,52)/t40-/m0/s1. The highest BCUT2D eigenvalue weighted by Crippen LogP contribution is 2.30. The summed E-state index contributed by atoms with van der Waals surface area (Å²) < 4.78 is 27.4. The van der Waals surface area contributed by atoms with Crippen molar-refractivity contribution in [3.8, 4) is 11.1 Å². The predicted molar refractivity (Wildman–Crippen MR) is 222 cm³/mol. The van der Waals surface area contributed by atoms with Gasteiger partial charge in [-0.05, 0) is 64.9 Å². The number of hydrogen-bond acceptors (Lipinski definition) is 10. The van der Waals surface area contributed by atoms with Crippen LogP contribution in [0.5, 0.6) is 0 Å². The summed E-state index contributed by atoms with van der Waals surface area (Å²) in [4.78, 5) is 43.0. The van der Waals surface area contributed by atoms with Crippen LogP contribution in [0.2, 0.25) is 0 Å². The van der Waals surface area contributed by atoms with Gasteiger partial charge >= 0.3 is 0 Å². The fraction of sp³-hybridized carbons (Fsp3) is 0.455. The van der Waals surface area contributed by atoms with Crippen molar-refractivity contribution >= 4 is 34.3 Å². The summed E-state index contributed by atoms with van der Waals surface area (Å²) in [5.74, 6) is -0.113. The van der Waals surface area contributed by atoms with Crippen molar-refractivity contribution in [2.24, 2.45) is 0 Å². The molecular weight excluding hydrogens is 727 g/mol. The van der Waals surface area contributed by atoms with Gasteiger partial charge in [0.25, 0.3) is 0 Å². The zero-order valence-electron chi connectivity index (χ0n) is 33.4. The van der Waals surface area contributed by atoms with E-state index in [1.165, 1.54) is 0 Å². The lowest BCUT2D eigenvalue weighted by molar-refractivity contribution is -0.127. The van der Waals surface area contributed by atoms with Crippen LogP contribution in [-0.4, -0.2) is 108 Å². The summed E-state index contributed by atoms with van der Waals surface area (Å²) in [6.07, 6.45) is 3.57.